The second-order valence-corrected chi connectivity index (χ2v) is 3.22. The van der Waals surface area contributed by atoms with Crippen LogP contribution >= 0.6 is 11.8 Å². The second-order valence-electron chi connectivity index (χ2n) is 2.31. The van der Waals surface area contributed by atoms with Crippen LogP contribution in [-0.4, -0.2) is 21.6 Å². The molecule has 1 aromatic rings. The molecule has 2 nitrogen and oxygen atoms in total. The number of thioether (sulfide) groups is 1. The van der Waals surface area contributed by atoms with Crippen molar-refractivity contribution >= 4 is 11.8 Å². The Bertz CT molecular complexity index is 172. The van der Waals surface area contributed by atoms with Gasteiger partial charge in [-0.15, -0.1) is 0 Å². The van der Waals surface area contributed by atoms with E-state index in [-0.39, 0.29) is 0 Å². The zero-order chi connectivity index (χ0) is 7.40. The molecule has 0 spiro atoms. The maximum Gasteiger partial charge on any atom is 0.0948 e. The molecule has 3 heteroatoms. The largest absolute Gasteiger partial charge is 0.334 e. The summed E-state index contributed by atoms with van der Waals surface area (Å²) in [5, 5.41) is 0. The van der Waals surface area contributed by atoms with Crippen molar-refractivity contribution in [2.24, 2.45) is 0 Å². The van der Waals surface area contributed by atoms with Crippen LogP contribution in [0.15, 0.2) is 18.7 Å². The first kappa shape index (κ1) is 7.66. The Balaban J connectivity index is 2.50. The maximum absolute atomic E-state index is 3.98. The van der Waals surface area contributed by atoms with Crippen molar-refractivity contribution < 1.29 is 0 Å². The topological polar surface area (TPSA) is 17.8 Å². The third-order valence-corrected chi connectivity index (χ3v) is 2.26. The van der Waals surface area contributed by atoms with Crippen LogP contribution in [-0.2, 0) is 0 Å². The summed E-state index contributed by atoms with van der Waals surface area (Å²) in [6, 6.07) is 0.567. The Morgan fingerprint density at radius 3 is 3.00 bits per heavy atom. The van der Waals surface area contributed by atoms with Crippen LogP contribution in [0.4, 0.5) is 0 Å². The van der Waals surface area contributed by atoms with Crippen molar-refractivity contribution in [3.8, 4) is 0 Å². The fraction of sp³-hybridized carbons (Fsp3) is 0.571. The SMILES string of the molecule is CSCC(C)n1ccnc1. The zero-order valence-electron chi connectivity index (χ0n) is 6.32. The van der Waals surface area contributed by atoms with E-state index in [0.29, 0.717) is 6.04 Å². The number of aromatic nitrogens is 2. The minimum Gasteiger partial charge on any atom is -0.334 e. The molecule has 0 fully saturated rings. The van der Waals surface area contributed by atoms with Crippen LogP contribution in [0.2, 0.25) is 0 Å². The lowest BCUT2D eigenvalue weighted by atomic mass is 10.4. The molecule has 0 aliphatic heterocycles. The lowest BCUT2D eigenvalue weighted by Crippen LogP contribution is -2.04. The number of hydrogen-bond acceptors (Lipinski definition) is 2. The van der Waals surface area contributed by atoms with Gasteiger partial charge < -0.3 is 4.57 Å². The number of hydrogen-bond donors (Lipinski definition) is 0. The summed E-state index contributed by atoms with van der Waals surface area (Å²) in [5.74, 6) is 1.15. The van der Waals surface area contributed by atoms with Crippen molar-refractivity contribution in [2.75, 3.05) is 12.0 Å². The van der Waals surface area contributed by atoms with Crippen molar-refractivity contribution in [3.63, 3.8) is 0 Å². The fourth-order valence-corrected chi connectivity index (χ4v) is 1.51. The Labute approximate surface area is 65.7 Å². The summed E-state index contributed by atoms with van der Waals surface area (Å²) in [7, 11) is 0. The van der Waals surface area contributed by atoms with Crippen molar-refractivity contribution in [3.05, 3.63) is 18.7 Å². The molecule has 0 saturated carbocycles. The molecule has 56 valence electrons. The van der Waals surface area contributed by atoms with Gasteiger partial charge in [0.05, 0.1) is 6.33 Å². The van der Waals surface area contributed by atoms with E-state index in [2.05, 4.69) is 22.7 Å². The predicted molar refractivity (Wildman–Crippen MR) is 45.3 cm³/mol. The normalized spacial score (nSPS) is 13.4. The van der Waals surface area contributed by atoms with E-state index >= 15 is 0 Å². The van der Waals surface area contributed by atoms with Crippen molar-refractivity contribution in [1.82, 2.24) is 9.55 Å². The average Bonchev–Trinajstić information content (AvgIpc) is 2.38. The Kier molecular flexibility index (Phi) is 2.81. The van der Waals surface area contributed by atoms with E-state index in [0.717, 1.165) is 5.75 Å². The highest BCUT2D eigenvalue weighted by molar-refractivity contribution is 7.98. The summed E-state index contributed by atoms with van der Waals surface area (Å²) in [6.45, 7) is 2.19. The first-order valence-corrected chi connectivity index (χ1v) is 4.70. The van der Waals surface area contributed by atoms with Crippen LogP contribution in [0, 0.1) is 0 Å². The van der Waals surface area contributed by atoms with Crippen LogP contribution in [0.5, 0.6) is 0 Å². The van der Waals surface area contributed by atoms with Gasteiger partial charge in [0.2, 0.25) is 0 Å². The molecule has 1 rings (SSSR count). The minimum absolute atomic E-state index is 0.567. The van der Waals surface area contributed by atoms with Crippen LogP contribution in [0.3, 0.4) is 0 Å². The minimum atomic E-state index is 0.567. The smallest absolute Gasteiger partial charge is 0.0948 e. The Morgan fingerprint density at radius 1 is 1.70 bits per heavy atom. The number of nitrogens with zero attached hydrogens (tertiary/aromatic N) is 2. The zero-order valence-corrected chi connectivity index (χ0v) is 7.14. The van der Waals surface area contributed by atoms with Gasteiger partial charge in [0.25, 0.3) is 0 Å². The van der Waals surface area contributed by atoms with Gasteiger partial charge >= 0.3 is 0 Å². The molecule has 0 aromatic carbocycles. The molecule has 10 heavy (non-hydrogen) atoms. The van der Waals surface area contributed by atoms with Gasteiger partial charge in [-0.1, -0.05) is 0 Å². The molecular weight excluding hydrogens is 144 g/mol. The van der Waals surface area contributed by atoms with Gasteiger partial charge in [-0.2, -0.15) is 11.8 Å². The Hall–Kier alpha value is -0.440. The maximum atomic E-state index is 3.98. The molecule has 0 aliphatic carbocycles. The molecule has 0 amide bonds. The highest BCUT2D eigenvalue weighted by Crippen LogP contribution is 2.09. The second kappa shape index (κ2) is 3.66. The summed E-state index contributed by atoms with van der Waals surface area (Å²) >= 11 is 1.86. The van der Waals surface area contributed by atoms with Crippen LogP contribution in [0.25, 0.3) is 0 Å². The quantitative estimate of drug-likeness (QED) is 0.664. The third-order valence-electron chi connectivity index (χ3n) is 1.44. The average molecular weight is 156 g/mol. The molecule has 0 bridgehead atoms. The van der Waals surface area contributed by atoms with E-state index in [9.17, 15) is 0 Å². The third kappa shape index (κ3) is 1.77. The first-order valence-electron chi connectivity index (χ1n) is 3.31. The first-order chi connectivity index (χ1) is 4.84. The lowest BCUT2D eigenvalue weighted by molar-refractivity contribution is 0.609. The molecule has 1 aromatic heterocycles. The molecule has 0 aliphatic rings. The summed E-state index contributed by atoms with van der Waals surface area (Å²) in [5.41, 5.74) is 0. The molecule has 1 unspecified atom stereocenters. The van der Waals surface area contributed by atoms with Crippen LogP contribution < -0.4 is 0 Å². The van der Waals surface area contributed by atoms with Crippen molar-refractivity contribution in [1.29, 1.82) is 0 Å². The number of rotatable bonds is 3. The van der Waals surface area contributed by atoms with E-state index in [1.807, 2.05) is 30.5 Å². The summed E-state index contributed by atoms with van der Waals surface area (Å²) < 4.78 is 2.12. The van der Waals surface area contributed by atoms with Gasteiger partial charge in [0.15, 0.2) is 0 Å². The van der Waals surface area contributed by atoms with E-state index in [1.165, 1.54) is 0 Å². The fourth-order valence-electron chi connectivity index (χ4n) is 0.857. The van der Waals surface area contributed by atoms with Gasteiger partial charge in [0, 0.05) is 24.2 Å². The number of imidazole rings is 1. The van der Waals surface area contributed by atoms with E-state index in [1.54, 1.807) is 0 Å². The summed E-state index contributed by atoms with van der Waals surface area (Å²) in [6.07, 6.45) is 7.80. The molecule has 0 saturated heterocycles. The van der Waals surface area contributed by atoms with Gasteiger partial charge in [-0.3, -0.25) is 0 Å². The molecule has 1 atom stereocenters. The summed E-state index contributed by atoms with van der Waals surface area (Å²) in [4.78, 5) is 3.98. The highest BCUT2D eigenvalue weighted by atomic mass is 32.2. The monoisotopic (exact) mass is 156 g/mol. The molecule has 0 radical (unpaired) electrons. The van der Waals surface area contributed by atoms with Gasteiger partial charge in [-0.05, 0) is 13.2 Å². The van der Waals surface area contributed by atoms with Gasteiger partial charge in [-0.25, -0.2) is 4.98 Å². The van der Waals surface area contributed by atoms with E-state index < -0.39 is 0 Å². The highest BCUT2D eigenvalue weighted by Gasteiger charge is 1.99. The predicted octanol–water partition coefficient (Wildman–Crippen LogP) is 1.81. The Morgan fingerprint density at radius 2 is 2.50 bits per heavy atom. The molecule has 0 N–H and O–H groups in total. The van der Waals surface area contributed by atoms with E-state index in [4.69, 9.17) is 0 Å². The van der Waals surface area contributed by atoms with Crippen LogP contribution in [0.1, 0.15) is 13.0 Å². The van der Waals surface area contributed by atoms with Gasteiger partial charge in [0.1, 0.15) is 0 Å². The lowest BCUT2D eigenvalue weighted by Gasteiger charge is -2.09. The standard InChI is InChI=1S/C7H12N2S/c1-7(5-10-2)9-4-3-8-6-9/h3-4,6-7H,5H2,1-2H3. The van der Waals surface area contributed by atoms with Crippen molar-refractivity contribution in [2.45, 2.75) is 13.0 Å². The molecule has 1 heterocycles. The molecular formula is C7H12N2S.